The Morgan fingerprint density at radius 3 is 2.64 bits per heavy atom. The molecule has 0 bridgehead atoms. The molecule has 0 saturated heterocycles. The summed E-state index contributed by atoms with van der Waals surface area (Å²) >= 11 is 3.04. The number of hydrogen-bond acceptors (Lipinski definition) is 5. The van der Waals surface area contributed by atoms with Gasteiger partial charge < -0.3 is 5.32 Å². The van der Waals surface area contributed by atoms with E-state index in [1.807, 2.05) is 0 Å². The van der Waals surface area contributed by atoms with Crippen LogP contribution >= 0.6 is 23.1 Å². The highest BCUT2D eigenvalue weighted by atomic mass is 32.2. The molecule has 2 aromatic heterocycles. The second-order valence-electron chi connectivity index (χ2n) is 8.05. The molecule has 1 fully saturated rings. The maximum Gasteiger partial charge on any atom is 0.262 e. The molecule has 0 spiro atoms. The van der Waals surface area contributed by atoms with Crippen molar-refractivity contribution in [2.75, 3.05) is 5.75 Å². The van der Waals surface area contributed by atoms with Gasteiger partial charge in [-0.3, -0.25) is 14.2 Å². The zero-order valence-corrected chi connectivity index (χ0v) is 18.2. The number of hydrogen-bond donors (Lipinski definition) is 1. The van der Waals surface area contributed by atoms with Crippen molar-refractivity contribution >= 4 is 39.2 Å². The van der Waals surface area contributed by atoms with Crippen molar-refractivity contribution in [3.63, 3.8) is 0 Å². The van der Waals surface area contributed by atoms with Crippen LogP contribution in [0.15, 0.2) is 9.95 Å². The number of carbonyl (C=O) groups is 1. The largest absolute Gasteiger partial charge is 0.353 e. The van der Waals surface area contributed by atoms with E-state index in [1.165, 1.54) is 60.7 Å². The van der Waals surface area contributed by atoms with Crippen molar-refractivity contribution < 1.29 is 4.79 Å². The number of thiophene rings is 1. The minimum atomic E-state index is 0.0346. The minimum absolute atomic E-state index is 0.0346. The summed E-state index contributed by atoms with van der Waals surface area (Å²) in [5, 5.41) is 4.65. The second-order valence-corrected chi connectivity index (χ2v) is 10.1. The van der Waals surface area contributed by atoms with Crippen LogP contribution in [0.2, 0.25) is 0 Å². The summed E-state index contributed by atoms with van der Waals surface area (Å²) in [6.07, 6.45) is 12.8. The maximum absolute atomic E-state index is 12.9. The van der Waals surface area contributed by atoms with Crippen LogP contribution in [0.1, 0.15) is 68.2 Å². The van der Waals surface area contributed by atoms with Gasteiger partial charge in [-0.25, -0.2) is 4.98 Å². The highest BCUT2D eigenvalue weighted by Gasteiger charge is 2.22. The van der Waals surface area contributed by atoms with Gasteiger partial charge >= 0.3 is 0 Å². The molecule has 7 heteroatoms. The lowest BCUT2D eigenvalue weighted by atomic mass is 9.97. The van der Waals surface area contributed by atoms with Crippen LogP contribution in [-0.4, -0.2) is 27.3 Å². The van der Waals surface area contributed by atoms with E-state index >= 15 is 0 Å². The molecule has 1 amide bonds. The third kappa shape index (κ3) is 4.30. The first-order valence-electron chi connectivity index (χ1n) is 10.6. The average molecular weight is 420 g/mol. The molecule has 2 aliphatic carbocycles. The van der Waals surface area contributed by atoms with E-state index in [1.54, 1.807) is 23.0 Å². The third-order valence-corrected chi connectivity index (χ3v) is 8.17. The summed E-state index contributed by atoms with van der Waals surface area (Å²) < 4.78 is 1.62. The fourth-order valence-corrected chi connectivity index (χ4v) is 6.48. The fraction of sp³-hybridized carbons (Fsp3) is 0.667. The van der Waals surface area contributed by atoms with E-state index in [0.29, 0.717) is 17.0 Å². The van der Waals surface area contributed by atoms with Crippen molar-refractivity contribution in [1.29, 1.82) is 0 Å². The summed E-state index contributed by atoms with van der Waals surface area (Å²) in [5.74, 6) is 0.364. The number of nitrogens with zero attached hydrogens (tertiary/aromatic N) is 2. The molecule has 2 heterocycles. The van der Waals surface area contributed by atoms with Gasteiger partial charge in [-0.15, -0.1) is 11.3 Å². The van der Waals surface area contributed by atoms with Gasteiger partial charge in [0, 0.05) is 18.0 Å². The van der Waals surface area contributed by atoms with E-state index in [9.17, 15) is 9.59 Å². The lowest BCUT2D eigenvalue weighted by Gasteiger charge is -2.21. The number of fused-ring (bicyclic) bond motifs is 3. The Morgan fingerprint density at radius 1 is 1.14 bits per heavy atom. The van der Waals surface area contributed by atoms with E-state index < -0.39 is 0 Å². The number of rotatable bonds is 4. The summed E-state index contributed by atoms with van der Waals surface area (Å²) in [6, 6.07) is 0.302. The maximum atomic E-state index is 12.9. The van der Waals surface area contributed by atoms with Gasteiger partial charge in [0.2, 0.25) is 5.91 Å². The third-order valence-electron chi connectivity index (χ3n) is 5.96. The van der Waals surface area contributed by atoms with Gasteiger partial charge in [-0.2, -0.15) is 0 Å². The summed E-state index contributed by atoms with van der Waals surface area (Å²) in [4.78, 5) is 32.3. The van der Waals surface area contributed by atoms with Crippen LogP contribution in [0.3, 0.4) is 0 Å². The Labute approximate surface area is 174 Å². The van der Waals surface area contributed by atoms with Crippen LogP contribution in [0.4, 0.5) is 0 Å². The van der Waals surface area contributed by atoms with Gasteiger partial charge in [-0.1, -0.05) is 43.9 Å². The average Bonchev–Trinajstić information content (AvgIpc) is 3.04. The summed E-state index contributed by atoms with van der Waals surface area (Å²) in [7, 11) is 1.77. The summed E-state index contributed by atoms with van der Waals surface area (Å²) in [5.41, 5.74) is 1.25. The van der Waals surface area contributed by atoms with Crippen LogP contribution in [0.25, 0.3) is 10.2 Å². The van der Waals surface area contributed by atoms with E-state index in [4.69, 9.17) is 4.98 Å². The molecule has 0 unspecified atom stereocenters. The molecule has 0 radical (unpaired) electrons. The molecule has 4 rings (SSSR count). The Kier molecular flexibility index (Phi) is 6.41. The number of nitrogens with one attached hydrogen (secondary N) is 1. The highest BCUT2D eigenvalue weighted by Crippen LogP contribution is 2.34. The molecule has 28 heavy (non-hydrogen) atoms. The highest BCUT2D eigenvalue weighted by molar-refractivity contribution is 7.99. The Bertz CT molecular complexity index is 910. The quantitative estimate of drug-likeness (QED) is 0.596. The predicted molar refractivity (Wildman–Crippen MR) is 116 cm³/mol. The smallest absolute Gasteiger partial charge is 0.262 e. The zero-order chi connectivity index (χ0) is 19.5. The molecule has 152 valence electrons. The van der Waals surface area contributed by atoms with Gasteiger partial charge in [0.15, 0.2) is 5.16 Å². The molecule has 0 aliphatic heterocycles. The van der Waals surface area contributed by atoms with Crippen molar-refractivity contribution in [1.82, 2.24) is 14.9 Å². The molecule has 1 saturated carbocycles. The predicted octanol–water partition coefficient (Wildman–Crippen LogP) is 4.20. The van der Waals surface area contributed by atoms with E-state index in [2.05, 4.69) is 5.32 Å². The van der Waals surface area contributed by atoms with Crippen LogP contribution < -0.4 is 10.9 Å². The van der Waals surface area contributed by atoms with Gasteiger partial charge in [0.05, 0.1) is 11.1 Å². The number of amides is 1. The molecular formula is C21H29N3O2S2. The lowest BCUT2D eigenvalue weighted by molar-refractivity contribution is -0.119. The van der Waals surface area contributed by atoms with Gasteiger partial charge in [0.1, 0.15) is 4.83 Å². The molecular weight excluding hydrogens is 390 g/mol. The van der Waals surface area contributed by atoms with Crippen molar-refractivity contribution in [3.8, 4) is 0 Å². The number of thioether (sulfide) groups is 1. The first kappa shape index (κ1) is 20.0. The second kappa shape index (κ2) is 8.99. The Balaban J connectivity index is 1.45. The fourth-order valence-electron chi connectivity index (χ4n) is 4.40. The molecule has 2 aromatic rings. The van der Waals surface area contributed by atoms with Crippen molar-refractivity contribution in [3.05, 3.63) is 20.8 Å². The molecule has 0 aromatic carbocycles. The Hall–Kier alpha value is -1.34. The van der Waals surface area contributed by atoms with Gasteiger partial charge in [-0.05, 0) is 44.1 Å². The topological polar surface area (TPSA) is 64.0 Å². The van der Waals surface area contributed by atoms with Crippen molar-refractivity contribution in [2.24, 2.45) is 7.05 Å². The van der Waals surface area contributed by atoms with Gasteiger partial charge in [0.25, 0.3) is 5.56 Å². The number of carbonyl (C=O) groups excluding carboxylic acids is 1. The minimum Gasteiger partial charge on any atom is -0.353 e. The molecule has 0 atom stereocenters. The standard InChI is InChI=1S/C21H29N3O2S2/c1-24-20(26)18-15-11-7-8-12-16(15)28-19(18)23-21(24)27-13-17(25)22-14-9-5-3-2-4-6-10-14/h14H,2-13H2,1H3,(H,22,25). The van der Waals surface area contributed by atoms with Crippen molar-refractivity contribution in [2.45, 2.75) is 81.8 Å². The lowest BCUT2D eigenvalue weighted by Crippen LogP contribution is -2.36. The normalized spacial score (nSPS) is 18.5. The number of aryl methyl sites for hydroxylation is 2. The first-order valence-corrected chi connectivity index (χ1v) is 12.4. The van der Waals surface area contributed by atoms with Crippen LogP contribution in [0.5, 0.6) is 0 Å². The molecule has 2 aliphatic rings. The van der Waals surface area contributed by atoms with Crippen LogP contribution in [0, 0.1) is 0 Å². The number of aromatic nitrogens is 2. The summed E-state index contributed by atoms with van der Waals surface area (Å²) in [6.45, 7) is 0. The SMILES string of the molecule is Cn1c(SCC(=O)NC2CCCCCCC2)nc2sc3c(c2c1=O)CCCC3. The van der Waals surface area contributed by atoms with E-state index in [0.717, 1.165) is 42.3 Å². The Morgan fingerprint density at radius 2 is 1.86 bits per heavy atom. The van der Waals surface area contributed by atoms with Crippen LogP contribution in [-0.2, 0) is 24.7 Å². The monoisotopic (exact) mass is 419 g/mol. The zero-order valence-electron chi connectivity index (χ0n) is 16.6. The molecule has 1 N–H and O–H groups in total. The molecule has 5 nitrogen and oxygen atoms in total. The van der Waals surface area contributed by atoms with E-state index in [-0.39, 0.29) is 11.5 Å². The first-order chi connectivity index (χ1) is 13.6.